The van der Waals surface area contributed by atoms with Crippen molar-refractivity contribution in [2.75, 3.05) is 17.4 Å². The number of carbonyl (C=O) groups excluding carboxylic acids is 2. The third-order valence-electron chi connectivity index (χ3n) is 7.21. The van der Waals surface area contributed by atoms with Gasteiger partial charge in [-0.2, -0.15) is 0 Å². The van der Waals surface area contributed by atoms with Crippen molar-refractivity contribution in [3.8, 4) is 0 Å². The van der Waals surface area contributed by atoms with Gasteiger partial charge < -0.3 is 10.2 Å². The van der Waals surface area contributed by atoms with Gasteiger partial charge in [-0.05, 0) is 75.4 Å². The van der Waals surface area contributed by atoms with Crippen LogP contribution in [0, 0.1) is 27.7 Å². The molecule has 0 bridgehead atoms. The van der Waals surface area contributed by atoms with Crippen LogP contribution in [-0.4, -0.2) is 44.3 Å². The molecule has 0 spiro atoms. The summed E-state index contributed by atoms with van der Waals surface area (Å²) in [6.07, 6.45) is 2.16. The van der Waals surface area contributed by atoms with Gasteiger partial charge in [-0.3, -0.25) is 13.9 Å². The first-order valence-electron chi connectivity index (χ1n) is 14.3. The number of hydrogen-bond acceptors (Lipinski definition) is 4. The lowest BCUT2D eigenvalue weighted by atomic mass is 10.1. The lowest BCUT2D eigenvalue weighted by Gasteiger charge is -2.33. The maximum atomic E-state index is 14.2. The van der Waals surface area contributed by atoms with Crippen LogP contribution in [0.2, 0.25) is 0 Å². The van der Waals surface area contributed by atoms with Crippen molar-refractivity contribution in [1.82, 2.24) is 10.2 Å². The minimum atomic E-state index is -4.10. The van der Waals surface area contributed by atoms with Gasteiger partial charge in [0.05, 0.1) is 10.6 Å². The van der Waals surface area contributed by atoms with Crippen LogP contribution in [0.1, 0.15) is 60.9 Å². The topological polar surface area (TPSA) is 86.8 Å². The Bertz CT molecular complexity index is 1430. The number of nitrogens with one attached hydrogen (secondary N) is 1. The molecule has 2 amide bonds. The van der Waals surface area contributed by atoms with Crippen LogP contribution < -0.4 is 9.62 Å². The van der Waals surface area contributed by atoms with Crippen LogP contribution in [0.25, 0.3) is 0 Å². The molecule has 0 fully saturated rings. The lowest BCUT2D eigenvalue weighted by Crippen LogP contribution is -2.52. The van der Waals surface area contributed by atoms with Crippen molar-refractivity contribution in [2.24, 2.45) is 0 Å². The largest absolute Gasteiger partial charge is 0.354 e. The molecular formula is C33H43N3O4S. The first-order valence-corrected chi connectivity index (χ1v) is 15.7. The molecule has 0 radical (unpaired) electrons. The summed E-state index contributed by atoms with van der Waals surface area (Å²) in [6, 6.07) is 19.2. The van der Waals surface area contributed by atoms with E-state index < -0.39 is 28.5 Å². The highest BCUT2D eigenvalue weighted by atomic mass is 32.2. The van der Waals surface area contributed by atoms with Gasteiger partial charge in [-0.15, -0.1) is 0 Å². The summed E-state index contributed by atoms with van der Waals surface area (Å²) >= 11 is 0. The average molecular weight is 578 g/mol. The minimum absolute atomic E-state index is 0.103. The SMILES string of the molecule is CCCCNC(=O)[C@H](CC)N(Cc1ccc(C)cc1)C(=O)CN(c1cc(C)ccc1C)S(=O)(=O)c1ccc(C)cc1. The monoisotopic (exact) mass is 577 g/mol. The fraction of sp³-hybridized carbons (Fsp3) is 0.394. The molecule has 8 heteroatoms. The van der Waals surface area contributed by atoms with Crippen molar-refractivity contribution in [3.63, 3.8) is 0 Å². The van der Waals surface area contributed by atoms with Crippen LogP contribution in [0.15, 0.2) is 71.6 Å². The van der Waals surface area contributed by atoms with Gasteiger partial charge >= 0.3 is 0 Å². The molecule has 220 valence electrons. The molecule has 1 N–H and O–H groups in total. The fourth-order valence-electron chi connectivity index (χ4n) is 4.65. The molecule has 7 nitrogen and oxygen atoms in total. The van der Waals surface area contributed by atoms with Gasteiger partial charge in [0.1, 0.15) is 12.6 Å². The number of nitrogens with zero attached hydrogens (tertiary/aromatic N) is 2. The quantitative estimate of drug-likeness (QED) is 0.259. The van der Waals surface area contributed by atoms with E-state index in [-0.39, 0.29) is 17.3 Å². The molecule has 0 saturated heterocycles. The summed E-state index contributed by atoms with van der Waals surface area (Å²) in [5.74, 6) is -0.680. The first-order chi connectivity index (χ1) is 19.5. The maximum Gasteiger partial charge on any atom is 0.264 e. The number of hydrogen-bond donors (Lipinski definition) is 1. The summed E-state index contributed by atoms with van der Waals surface area (Å²) in [4.78, 5) is 29.1. The highest BCUT2D eigenvalue weighted by Crippen LogP contribution is 2.29. The Morgan fingerprint density at radius 3 is 2.00 bits per heavy atom. The molecule has 3 aromatic carbocycles. The van der Waals surface area contributed by atoms with Crippen molar-refractivity contribution < 1.29 is 18.0 Å². The molecule has 0 heterocycles. The minimum Gasteiger partial charge on any atom is -0.354 e. The van der Waals surface area contributed by atoms with E-state index in [9.17, 15) is 18.0 Å². The Kier molecular flexibility index (Phi) is 11.1. The van der Waals surface area contributed by atoms with Gasteiger partial charge in [-0.25, -0.2) is 8.42 Å². The zero-order chi connectivity index (χ0) is 30.2. The Morgan fingerprint density at radius 2 is 1.41 bits per heavy atom. The summed E-state index contributed by atoms with van der Waals surface area (Å²) < 4.78 is 29.4. The van der Waals surface area contributed by atoms with E-state index in [0.717, 1.165) is 40.7 Å². The molecule has 3 rings (SSSR count). The lowest BCUT2D eigenvalue weighted by molar-refractivity contribution is -0.140. The van der Waals surface area contributed by atoms with Crippen LogP contribution in [-0.2, 0) is 26.2 Å². The number of rotatable bonds is 13. The number of aryl methyl sites for hydroxylation is 4. The Balaban J connectivity index is 2.07. The van der Waals surface area contributed by atoms with Crippen LogP contribution in [0.3, 0.4) is 0 Å². The van der Waals surface area contributed by atoms with Gasteiger partial charge in [0.2, 0.25) is 11.8 Å². The summed E-state index contributed by atoms with van der Waals surface area (Å²) in [5.41, 5.74) is 4.93. The summed E-state index contributed by atoms with van der Waals surface area (Å²) in [6.45, 7) is 11.8. The van der Waals surface area contributed by atoms with E-state index in [4.69, 9.17) is 0 Å². The molecule has 1 atom stereocenters. The maximum absolute atomic E-state index is 14.2. The standard InChI is InChI=1S/C33H43N3O4S/c1-7-9-20-34-33(38)30(8-2)35(22-28-16-11-24(3)12-17-28)32(37)23-36(31-21-26(5)10-15-27(31)6)41(39,40)29-18-13-25(4)14-19-29/h10-19,21,30H,7-9,20,22-23H2,1-6H3,(H,34,38)/t30-/m0/s1. The number of amides is 2. The van der Waals surface area contributed by atoms with Gasteiger partial charge in [0.15, 0.2) is 0 Å². The smallest absolute Gasteiger partial charge is 0.264 e. The molecule has 0 saturated carbocycles. The molecular weight excluding hydrogens is 534 g/mol. The number of anilines is 1. The first kappa shape index (κ1) is 31.9. The second-order valence-corrected chi connectivity index (χ2v) is 12.6. The molecule has 0 unspecified atom stereocenters. The Labute approximate surface area is 245 Å². The molecule has 0 aliphatic heterocycles. The van der Waals surface area contributed by atoms with Crippen molar-refractivity contribution in [3.05, 3.63) is 94.5 Å². The van der Waals surface area contributed by atoms with E-state index in [2.05, 4.69) is 5.32 Å². The van der Waals surface area contributed by atoms with E-state index in [1.807, 2.05) is 77.9 Å². The number of carbonyl (C=O) groups is 2. The second-order valence-electron chi connectivity index (χ2n) is 10.7. The van der Waals surface area contributed by atoms with Gasteiger partial charge in [0, 0.05) is 13.1 Å². The van der Waals surface area contributed by atoms with Crippen molar-refractivity contribution >= 4 is 27.5 Å². The van der Waals surface area contributed by atoms with Crippen molar-refractivity contribution in [2.45, 2.75) is 78.3 Å². The molecule has 41 heavy (non-hydrogen) atoms. The van der Waals surface area contributed by atoms with Crippen LogP contribution in [0.4, 0.5) is 5.69 Å². The average Bonchev–Trinajstić information content (AvgIpc) is 2.94. The van der Waals surface area contributed by atoms with Crippen LogP contribution in [0.5, 0.6) is 0 Å². The van der Waals surface area contributed by atoms with E-state index >= 15 is 0 Å². The third-order valence-corrected chi connectivity index (χ3v) is 8.98. The highest BCUT2D eigenvalue weighted by Gasteiger charge is 2.34. The Morgan fingerprint density at radius 1 is 0.829 bits per heavy atom. The van der Waals surface area contributed by atoms with E-state index in [1.165, 1.54) is 9.21 Å². The molecule has 0 aliphatic carbocycles. The predicted molar refractivity (Wildman–Crippen MR) is 165 cm³/mol. The third kappa shape index (κ3) is 8.19. The number of unbranched alkanes of at least 4 members (excludes halogenated alkanes) is 1. The second kappa shape index (κ2) is 14.3. The summed E-state index contributed by atoms with van der Waals surface area (Å²) in [7, 11) is -4.10. The zero-order valence-corrected chi connectivity index (χ0v) is 25.9. The number of sulfonamides is 1. The normalized spacial score (nSPS) is 12.0. The van der Waals surface area contributed by atoms with E-state index in [0.29, 0.717) is 18.7 Å². The van der Waals surface area contributed by atoms with Crippen LogP contribution >= 0.6 is 0 Å². The molecule has 3 aromatic rings. The Hall–Kier alpha value is -3.65. The predicted octanol–water partition coefficient (Wildman–Crippen LogP) is 5.84. The van der Waals surface area contributed by atoms with Crippen molar-refractivity contribution in [1.29, 1.82) is 0 Å². The highest BCUT2D eigenvalue weighted by molar-refractivity contribution is 7.92. The fourth-order valence-corrected chi connectivity index (χ4v) is 6.13. The summed E-state index contributed by atoms with van der Waals surface area (Å²) in [5, 5.41) is 2.96. The molecule has 0 aromatic heterocycles. The zero-order valence-electron chi connectivity index (χ0n) is 25.1. The van der Waals surface area contributed by atoms with Gasteiger partial charge in [-0.1, -0.05) is 79.9 Å². The molecule has 0 aliphatic rings. The van der Waals surface area contributed by atoms with Gasteiger partial charge in [0.25, 0.3) is 10.0 Å². The van der Waals surface area contributed by atoms with E-state index in [1.54, 1.807) is 30.3 Å². The number of benzene rings is 3.